The fourth-order valence-electron chi connectivity index (χ4n) is 11.2. The maximum Gasteiger partial charge on any atom is 0.119 e. The van der Waals surface area contributed by atoms with Crippen LogP contribution >= 0.6 is 12.8 Å². The van der Waals surface area contributed by atoms with Gasteiger partial charge < -0.3 is 14.2 Å². The van der Waals surface area contributed by atoms with Crippen LogP contribution in [0.3, 0.4) is 0 Å². The molecule has 0 aliphatic heterocycles. The van der Waals surface area contributed by atoms with Crippen LogP contribution in [0.15, 0.2) is 283 Å². The minimum absolute atomic E-state index is 0.265. The Bertz CT molecular complexity index is 3880. The third-order valence-electron chi connectivity index (χ3n) is 14.8. The molecular formula is C71H56N4OS. The van der Waals surface area contributed by atoms with Crippen LogP contribution in [-0.2, 0) is 5.41 Å². The van der Waals surface area contributed by atoms with Crippen molar-refractivity contribution in [1.82, 2.24) is 4.57 Å². The maximum absolute atomic E-state index is 10.1. The number of thiol groups is 1. The molecule has 1 heterocycles. The lowest BCUT2D eigenvalue weighted by atomic mass is 9.65. The van der Waals surface area contributed by atoms with Crippen molar-refractivity contribution in [3.05, 3.63) is 307 Å². The molecule has 1 aromatic heterocycles. The zero-order valence-corrected chi connectivity index (χ0v) is 43.9. The summed E-state index contributed by atoms with van der Waals surface area (Å²) in [5.74, 6) is 1.31. The molecule has 0 spiro atoms. The molecule has 10 aromatic carbocycles. The fourth-order valence-corrected chi connectivity index (χ4v) is 11.4. The third-order valence-corrected chi connectivity index (χ3v) is 15.0. The van der Waals surface area contributed by atoms with Crippen LogP contribution in [0.4, 0.5) is 11.4 Å². The molecule has 0 fully saturated rings. The van der Waals surface area contributed by atoms with E-state index < -0.39 is 5.41 Å². The van der Waals surface area contributed by atoms with Gasteiger partial charge in [-0.2, -0.15) is 0 Å². The summed E-state index contributed by atoms with van der Waals surface area (Å²) in [6, 6.07) is 92.5. The Morgan fingerprint density at radius 1 is 0.494 bits per heavy atom. The van der Waals surface area contributed by atoms with E-state index in [9.17, 15) is 5.41 Å². The van der Waals surface area contributed by atoms with E-state index in [1.165, 1.54) is 22.3 Å². The molecular weight excluding hydrogens is 957 g/mol. The molecule has 372 valence electrons. The molecule has 0 unspecified atom stereocenters. The van der Waals surface area contributed by atoms with E-state index in [0.717, 1.165) is 78.0 Å². The average molecular weight is 1010 g/mol. The first-order chi connectivity index (χ1) is 37.9. The highest BCUT2D eigenvalue weighted by molar-refractivity contribution is 7.79. The van der Waals surface area contributed by atoms with Crippen LogP contribution in [0.2, 0.25) is 0 Å². The molecule has 0 atom stereocenters. The summed E-state index contributed by atoms with van der Waals surface area (Å²) in [6.45, 7) is 4.98. The summed E-state index contributed by atoms with van der Waals surface area (Å²) in [7, 11) is 0. The standard InChI is InChI=1S/C71H56N4OS/c1-49(2)48-76-61-44-34-53(35-45-61)52-32-40-59(41-33-52)74(58-38-30-51(31-39-58)50-18-7-3-8-19-50)67-47-46-63(70(73-77)69(67)72)62-27-17-29-66-68(62)64-26-15-16-28-65(64)75(66)60-42-36-57(37-43-60)71(54-20-9-4-10-21-54,55-22-11-5-12-23-55)56-24-13-6-14-25-56/h3-47,49,72,77H,48H2,1-2H3. The van der Waals surface area contributed by atoms with Crippen molar-refractivity contribution in [1.29, 1.82) is 5.41 Å². The second-order valence-electron chi connectivity index (χ2n) is 19.9. The first-order valence-corrected chi connectivity index (χ1v) is 26.6. The van der Waals surface area contributed by atoms with Crippen molar-refractivity contribution >= 4 is 63.0 Å². The second kappa shape index (κ2) is 21.2. The van der Waals surface area contributed by atoms with Gasteiger partial charge in [0.2, 0.25) is 0 Å². The number of rotatable bonds is 14. The highest BCUT2D eigenvalue weighted by atomic mass is 32.1. The molecule has 1 aliphatic carbocycles. The number of hydrogen-bond acceptors (Lipinski definition) is 5. The van der Waals surface area contributed by atoms with Crippen LogP contribution in [0.5, 0.6) is 5.75 Å². The van der Waals surface area contributed by atoms with Crippen molar-refractivity contribution < 1.29 is 4.74 Å². The number of nitrogens with zero attached hydrogens (tertiary/aromatic N) is 3. The van der Waals surface area contributed by atoms with E-state index in [1.54, 1.807) is 0 Å². The molecule has 1 N–H and O–H groups in total. The van der Waals surface area contributed by atoms with E-state index in [0.29, 0.717) is 23.9 Å². The van der Waals surface area contributed by atoms with Crippen LogP contribution in [0, 0.1) is 11.3 Å². The quantitative estimate of drug-likeness (QED) is 0.0648. The molecule has 0 saturated carbocycles. The van der Waals surface area contributed by atoms with E-state index in [2.05, 4.69) is 295 Å². The van der Waals surface area contributed by atoms with Gasteiger partial charge in [0.25, 0.3) is 0 Å². The van der Waals surface area contributed by atoms with Crippen LogP contribution < -0.4 is 9.64 Å². The Labute approximate surface area is 456 Å². The molecule has 0 radical (unpaired) electrons. The lowest BCUT2D eigenvalue weighted by Crippen LogP contribution is -2.31. The maximum atomic E-state index is 10.1. The molecule has 0 amide bonds. The van der Waals surface area contributed by atoms with Crippen molar-refractivity contribution in [2.45, 2.75) is 19.3 Å². The largest absolute Gasteiger partial charge is 0.493 e. The smallest absolute Gasteiger partial charge is 0.119 e. The SMILES string of the molecule is CC(C)COc1ccc(-c2ccc(N(C3=CC=C(c4cccc5c4c4ccccc4n5-c4ccc(C(c5ccccc5)(c5ccccc5)c5ccccc5)cc4)C(=NS)C3=N)c3ccc(-c4ccccc4)cc3)cc2)cc1. The van der Waals surface area contributed by atoms with Gasteiger partial charge in [0.15, 0.2) is 0 Å². The number of para-hydroxylation sites is 1. The van der Waals surface area contributed by atoms with E-state index >= 15 is 0 Å². The van der Waals surface area contributed by atoms with Gasteiger partial charge in [-0.25, -0.2) is 4.40 Å². The van der Waals surface area contributed by atoms with E-state index in [-0.39, 0.29) is 5.71 Å². The number of aromatic nitrogens is 1. The predicted molar refractivity (Wildman–Crippen MR) is 326 cm³/mol. The minimum atomic E-state index is -0.566. The second-order valence-corrected chi connectivity index (χ2v) is 20.1. The minimum Gasteiger partial charge on any atom is -0.493 e. The molecule has 11 aromatic rings. The summed E-state index contributed by atoms with van der Waals surface area (Å²) in [4.78, 5) is 2.15. The average Bonchev–Trinajstić information content (AvgIpc) is 3.95. The van der Waals surface area contributed by atoms with Crippen molar-refractivity contribution in [2.24, 2.45) is 10.3 Å². The highest BCUT2D eigenvalue weighted by Gasteiger charge is 2.38. The number of nitrogens with one attached hydrogen (secondary N) is 1. The first-order valence-electron chi connectivity index (χ1n) is 26.2. The number of anilines is 2. The summed E-state index contributed by atoms with van der Waals surface area (Å²) in [6.07, 6.45) is 4.17. The molecule has 6 heteroatoms. The van der Waals surface area contributed by atoms with Crippen molar-refractivity contribution in [3.8, 4) is 33.7 Å². The normalized spacial score (nSPS) is 13.2. The van der Waals surface area contributed by atoms with Crippen LogP contribution in [-0.4, -0.2) is 22.6 Å². The van der Waals surface area contributed by atoms with Gasteiger partial charge in [-0.1, -0.05) is 214 Å². The van der Waals surface area contributed by atoms with Gasteiger partial charge in [0.1, 0.15) is 17.2 Å². The topological polar surface area (TPSA) is 53.6 Å². The number of hydrogen-bond donors (Lipinski definition) is 2. The number of allylic oxidation sites excluding steroid dienone is 4. The molecule has 0 saturated heterocycles. The molecule has 77 heavy (non-hydrogen) atoms. The predicted octanol–water partition coefficient (Wildman–Crippen LogP) is 18.0. The zero-order valence-electron chi connectivity index (χ0n) is 43.0. The first kappa shape index (κ1) is 48.7. The van der Waals surface area contributed by atoms with Gasteiger partial charge in [0.05, 0.1) is 28.8 Å². The summed E-state index contributed by atoms with van der Waals surface area (Å²) in [5.41, 5.74) is 16.9. The van der Waals surface area contributed by atoms with Crippen molar-refractivity contribution in [2.75, 3.05) is 11.5 Å². The lowest BCUT2D eigenvalue weighted by molar-refractivity contribution is 0.271. The number of fused-ring (bicyclic) bond motifs is 3. The van der Waals surface area contributed by atoms with Gasteiger partial charge in [-0.15, -0.1) is 0 Å². The van der Waals surface area contributed by atoms with Crippen molar-refractivity contribution in [3.63, 3.8) is 0 Å². The van der Waals surface area contributed by atoms with E-state index in [4.69, 9.17) is 4.74 Å². The molecule has 12 rings (SSSR count). The third kappa shape index (κ3) is 9.07. The Kier molecular flexibility index (Phi) is 13.4. The Morgan fingerprint density at radius 3 is 1.49 bits per heavy atom. The molecule has 5 nitrogen and oxygen atoms in total. The fraction of sp³-hybridized carbons (Fsp3) is 0.0704. The summed E-state index contributed by atoms with van der Waals surface area (Å²) >= 11 is 4.64. The monoisotopic (exact) mass is 1010 g/mol. The summed E-state index contributed by atoms with van der Waals surface area (Å²) in [5, 5.41) is 12.2. The van der Waals surface area contributed by atoms with Gasteiger partial charge >= 0.3 is 0 Å². The summed E-state index contributed by atoms with van der Waals surface area (Å²) < 4.78 is 13.0. The van der Waals surface area contributed by atoms with Gasteiger partial charge in [-0.05, 0) is 142 Å². The lowest BCUT2D eigenvalue weighted by Gasteiger charge is -2.37. The van der Waals surface area contributed by atoms with Gasteiger partial charge in [-0.3, -0.25) is 5.41 Å². The molecule has 1 aliphatic rings. The Morgan fingerprint density at radius 2 is 0.961 bits per heavy atom. The number of benzene rings is 10. The Balaban J connectivity index is 0.957. The zero-order chi connectivity index (χ0) is 52.3. The van der Waals surface area contributed by atoms with Crippen LogP contribution in [0.1, 0.15) is 41.7 Å². The van der Waals surface area contributed by atoms with E-state index in [1.807, 2.05) is 18.2 Å². The Hall–Kier alpha value is -9.23. The number of ether oxygens (including phenoxy) is 1. The molecule has 0 bridgehead atoms. The van der Waals surface area contributed by atoms with Crippen LogP contribution in [0.25, 0.3) is 55.3 Å². The van der Waals surface area contributed by atoms with Gasteiger partial charge in [0, 0.05) is 33.4 Å². The highest BCUT2D eigenvalue weighted by Crippen LogP contribution is 2.46.